The number of aliphatic hydroxyl groups is 1. The van der Waals surface area contributed by atoms with Crippen molar-refractivity contribution in [2.24, 2.45) is 0 Å². The van der Waals surface area contributed by atoms with Crippen LogP contribution in [0.5, 0.6) is 0 Å². The summed E-state index contributed by atoms with van der Waals surface area (Å²) in [5.41, 5.74) is 0.653. The molecule has 0 radical (unpaired) electrons. The van der Waals surface area contributed by atoms with Crippen molar-refractivity contribution in [1.29, 1.82) is 0 Å². The highest BCUT2D eigenvalue weighted by molar-refractivity contribution is 7.89. The van der Waals surface area contributed by atoms with Crippen LogP contribution in [-0.2, 0) is 14.8 Å². The Morgan fingerprint density at radius 3 is 2.61 bits per heavy atom. The highest BCUT2D eigenvalue weighted by Gasteiger charge is 2.32. The fourth-order valence-electron chi connectivity index (χ4n) is 3.44. The Balaban J connectivity index is 1.46. The minimum absolute atomic E-state index is 0.105. The van der Waals surface area contributed by atoms with E-state index in [0.29, 0.717) is 24.9 Å². The van der Waals surface area contributed by atoms with Crippen LogP contribution in [0.3, 0.4) is 0 Å². The Bertz CT molecular complexity index is 974. The number of urea groups is 1. The summed E-state index contributed by atoms with van der Waals surface area (Å²) < 4.78 is 46.1. The van der Waals surface area contributed by atoms with Gasteiger partial charge in [-0.25, -0.2) is 22.3 Å². The first-order valence-electron chi connectivity index (χ1n) is 10.0. The van der Waals surface area contributed by atoms with E-state index in [1.54, 1.807) is 12.1 Å². The lowest BCUT2D eigenvalue weighted by molar-refractivity contribution is -0.0884. The molecule has 2 amide bonds. The first kappa shape index (κ1) is 23.1. The molecule has 8 nitrogen and oxygen atoms in total. The molecule has 1 saturated heterocycles. The molecule has 0 spiro atoms. The molecule has 2 aromatic rings. The predicted molar refractivity (Wildman–Crippen MR) is 114 cm³/mol. The van der Waals surface area contributed by atoms with Crippen molar-refractivity contribution in [3.8, 4) is 0 Å². The third kappa shape index (κ3) is 6.73. The number of carbonyl (C=O) groups excluding carboxylic acids is 1. The Morgan fingerprint density at radius 2 is 1.90 bits per heavy atom. The van der Waals surface area contributed by atoms with Crippen LogP contribution in [-0.4, -0.2) is 51.0 Å². The Morgan fingerprint density at radius 1 is 1.13 bits per heavy atom. The summed E-state index contributed by atoms with van der Waals surface area (Å²) in [4.78, 5) is 12.1. The van der Waals surface area contributed by atoms with Crippen molar-refractivity contribution in [2.75, 3.05) is 18.5 Å². The van der Waals surface area contributed by atoms with Crippen molar-refractivity contribution in [1.82, 2.24) is 10.0 Å². The van der Waals surface area contributed by atoms with Gasteiger partial charge < -0.3 is 20.5 Å². The van der Waals surface area contributed by atoms with E-state index in [-0.39, 0.29) is 36.2 Å². The van der Waals surface area contributed by atoms with Gasteiger partial charge in [0.1, 0.15) is 11.9 Å². The number of anilines is 1. The van der Waals surface area contributed by atoms with Crippen LogP contribution in [0.4, 0.5) is 14.9 Å². The average Bonchev–Trinajstić information content (AvgIpc) is 2.75. The molecular weight excluding hydrogens is 425 g/mol. The molecule has 1 fully saturated rings. The summed E-state index contributed by atoms with van der Waals surface area (Å²) in [7, 11) is -3.82. The van der Waals surface area contributed by atoms with Crippen molar-refractivity contribution in [3.05, 3.63) is 60.4 Å². The second kappa shape index (κ2) is 10.7. The fourth-order valence-corrected chi connectivity index (χ4v) is 4.52. The van der Waals surface area contributed by atoms with Gasteiger partial charge in [0.05, 0.1) is 23.6 Å². The van der Waals surface area contributed by atoms with E-state index in [4.69, 9.17) is 4.74 Å². The second-order valence-electron chi connectivity index (χ2n) is 7.27. The van der Waals surface area contributed by atoms with Gasteiger partial charge in [-0.3, -0.25) is 0 Å². The summed E-state index contributed by atoms with van der Waals surface area (Å²) in [5, 5.41) is 15.2. The van der Waals surface area contributed by atoms with Gasteiger partial charge in [0.15, 0.2) is 0 Å². The Hall–Kier alpha value is -2.53. The molecule has 0 saturated carbocycles. The van der Waals surface area contributed by atoms with E-state index < -0.39 is 21.9 Å². The molecule has 10 heteroatoms. The number of hydrogen-bond donors (Lipinski definition) is 4. The lowest BCUT2D eigenvalue weighted by Gasteiger charge is -2.36. The van der Waals surface area contributed by atoms with Gasteiger partial charge in [0.25, 0.3) is 0 Å². The van der Waals surface area contributed by atoms with Gasteiger partial charge in [0.2, 0.25) is 10.0 Å². The molecular formula is C21H26FN3O5S. The molecule has 168 valence electrons. The first-order valence-corrected chi connectivity index (χ1v) is 11.5. The van der Waals surface area contributed by atoms with Crippen LogP contribution < -0.4 is 15.4 Å². The minimum Gasteiger partial charge on any atom is -0.394 e. The Labute approximate surface area is 180 Å². The average molecular weight is 452 g/mol. The van der Waals surface area contributed by atoms with Crippen molar-refractivity contribution < 1.29 is 27.4 Å². The standard InChI is InChI=1S/C21H26FN3O5S/c22-15-5-4-8-18(13-15)31(28,29)23-12-11-17-9-10-19(20(14-26)30-17)25-21(27)24-16-6-2-1-3-7-16/h1-8,13,17,19-20,23,26H,9-12,14H2,(H2,24,25,27)/t17-,19+,20-/m0/s1. The van der Waals surface area contributed by atoms with E-state index in [2.05, 4.69) is 15.4 Å². The summed E-state index contributed by atoms with van der Waals surface area (Å²) in [5.74, 6) is -0.626. The molecule has 3 rings (SSSR count). The Kier molecular flexibility index (Phi) is 7.97. The number of rotatable bonds is 8. The third-order valence-electron chi connectivity index (χ3n) is 5.01. The lowest BCUT2D eigenvalue weighted by atomic mass is 9.97. The summed E-state index contributed by atoms with van der Waals surface area (Å²) >= 11 is 0. The molecule has 0 unspecified atom stereocenters. The monoisotopic (exact) mass is 451 g/mol. The van der Waals surface area contributed by atoms with Crippen LogP contribution in [0, 0.1) is 5.82 Å². The predicted octanol–water partition coefficient (Wildman–Crippen LogP) is 2.22. The zero-order valence-corrected chi connectivity index (χ0v) is 17.6. The van der Waals surface area contributed by atoms with Crippen LogP contribution in [0.2, 0.25) is 0 Å². The van der Waals surface area contributed by atoms with E-state index >= 15 is 0 Å². The first-order chi connectivity index (χ1) is 14.9. The molecule has 1 aliphatic heterocycles. The van der Waals surface area contributed by atoms with Gasteiger partial charge in [0, 0.05) is 12.2 Å². The maximum absolute atomic E-state index is 13.3. The number of hydrogen-bond acceptors (Lipinski definition) is 5. The molecule has 1 aliphatic rings. The van der Waals surface area contributed by atoms with E-state index in [0.717, 1.165) is 6.07 Å². The zero-order valence-electron chi connectivity index (χ0n) is 16.8. The molecule has 4 N–H and O–H groups in total. The molecule has 0 aliphatic carbocycles. The number of benzene rings is 2. The van der Waals surface area contributed by atoms with Crippen LogP contribution >= 0.6 is 0 Å². The SMILES string of the molecule is O=C(Nc1ccccc1)N[C@@H]1CC[C@@H](CCNS(=O)(=O)c2cccc(F)c2)O[C@H]1CO. The lowest BCUT2D eigenvalue weighted by Crippen LogP contribution is -2.52. The number of carbonyl (C=O) groups is 1. The third-order valence-corrected chi connectivity index (χ3v) is 6.47. The summed E-state index contributed by atoms with van der Waals surface area (Å²) in [6.45, 7) is -0.171. The molecule has 2 aromatic carbocycles. The number of nitrogens with one attached hydrogen (secondary N) is 3. The van der Waals surface area contributed by atoms with Crippen LogP contribution in [0.1, 0.15) is 19.3 Å². The van der Waals surface area contributed by atoms with E-state index in [9.17, 15) is 22.7 Å². The zero-order chi connectivity index (χ0) is 22.3. The van der Waals surface area contributed by atoms with Gasteiger partial charge in [-0.1, -0.05) is 24.3 Å². The van der Waals surface area contributed by atoms with Gasteiger partial charge in [-0.15, -0.1) is 0 Å². The molecule has 3 atom stereocenters. The second-order valence-corrected chi connectivity index (χ2v) is 9.04. The molecule has 0 aromatic heterocycles. The van der Waals surface area contributed by atoms with Crippen molar-refractivity contribution in [3.63, 3.8) is 0 Å². The maximum atomic E-state index is 13.3. The highest BCUT2D eigenvalue weighted by Crippen LogP contribution is 2.22. The van der Waals surface area contributed by atoms with E-state index in [1.807, 2.05) is 18.2 Å². The van der Waals surface area contributed by atoms with Crippen LogP contribution in [0.15, 0.2) is 59.5 Å². The molecule has 31 heavy (non-hydrogen) atoms. The highest BCUT2D eigenvalue weighted by atomic mass is 32.2. The van der Waals surface area contributed by atoms with Crippen molar-refractivity contribution >= 4 is 21.7 Å². The van der Waals surface area contributed by atoms with Gasteiger partial charge in [-0.2, -0.15) is 0 Å². The number of halogens is 1. The number of ether oxygens (including phenoxy) is 1. The number of para-hydroxylation sites is 1. The van der Waals surface area contributed by atoms with Crippen molar-refractivity contribution in [2.45, 2.75) is 42.4 Å². The molecule has 0 bridgehead atoms. The molecule has 1 heterocycles. The minimum atomic E-state index is -3.82. The quantitative estimate of drug-likeness (QED) is 0.491. The van der Waals surface area contributed by atoms with Crippen LogP contribution in [0.25, 0.3) is 0 Å². The number of amides is 2. The van der Waals surface area contributed by atoms with E-state index in [1.165, 1.54) is 18.2 Å². The normalized spacial score (nSPS) is 21.4. The summed E-state index contributed by atoms with van der Waals surface area (Å²) in [6, 6.07) is 13.0. The summed E-state index contributed by atoms with van der Waals surface area (Å²) in [6.07, 6.45) is 0.680. The number of sulfonamides is 1. The largest absolute Gasteiger partial charge is 0.394 e. The maximum Gasteiger partial charge on any atom is 0.319 e. The number of aliphatic hydroxyl groups excluding tert-OH is 1. The van der Waals surface area contributed by atoms with Gasteiger partial charge >= 0.3 is 6.03 Å². The fraction of sp³-hybridized carbons (Fsp3) is 0.381. The topological polar surface area (TPSA) is 117 Å². The smallest absolute Gasteiger partial charge is 0.319 e. The van der Waals surface area contributed by atoms with Gasteiger partial charge in [-0.05, 0) is 49.6 Å².